The van der Waals surface area contributed by atoms with Gasteiger partial charge in [-0.1, -0.05) is 0 Å². The van der Waals surface area contributed by atoms with E-state index in [0.29, 0.717) is 12.5 Å². The number of nitroso groups, excluding NO2 is 1. The van der Waals surface area contributed by atoms with Crippen molar-refractivity contribution in [1.29, 1.82) is 0 Å². The summed E-state index contributed by atoms with van der Waals surface area (Å²) in [6.07, 6.45) is 4.80. The van der Waals surface area contributed by atoms with E-state index in [0.717, 1.165) is 53.2 Å². The third-order valence-electron chi connectivity index (χ3n) is 5.70. The second-order valence-electron chi connectivity index (χ2n) is 6.92. The number of hydrogen-bond donors (Lipinski definition) is 0. The van der Waals surface area contributed by atoms with Crippen molar-refractivity contribution in [1.82, 2.24) is 0 Å². The van der Waals surface area contributed by atoms with E-state index in [1.165, 1.54) is 10.3 Å². The zero-order valence-corrected chi connectivity index (χ0v) is 15.5. The van der Waals surface area contributed by atoms with Gasteiger partial charge < -0.3 is 14.2 Å². The molecule has 0 aromatic heterocycles. The van der Waals surface area contributed by atoms with Gasteiger partial charge in [-0.2, -0.15) is 0 Å². The van der Waals surface area contributed by atoms with Crippen LogP contribution in [0.15, 0.2) is 58.6 Å². The van der Waals surface area contributed by atoms with Crippen LogP contribution in [0.3, 0.4) is 0 Å². The topological polar surface area (TPSA) is 47.8 Å². The first kappa shape index (κ1) is 16.9. The SMILES string of the molecule is COC1=CC2=C3C1=C(OC)CC[C@@H]3CC[N+](=O)[C@@H]2c1ccc(OC)cc1. The van der Waals surface area contributed by atoms with Crippen molar-refractivity contribution in [2.75, 3.05) is 27.9 Å². The fourth-order valence-electron chi connectivity index (χ4n) is 4.45. The van der Waals surface area contributed by atoms with Gasteiger partial charge in [0, 0.05) is 33.6 Å². The number of benzene rings is 1. The second-order valence-corrected chi connectivity index (χ2v) is 6.92. The number of hydrogen-bond acceptors (Lipinski definition) is 4. The molecule has 0 saturated heterocycles. The van der Waals surface area contributed by atoms with Gasteiger partial charge in [0.1, 0.15) is 17.3 Å². The Balaban J connectivity index is 1.88. The molecule has 0 bridgehead atoms. The summed E-state index contributed by atoms with van der Waals surface area (Å²) in [7, 11) is 5.04. The quantitative estimate of drug-likeness (QED) is 0.765. The summed E-state index contributed by atoms with van der Waals surface area (Å²) < 4.78 is 17.8. The van der Waals surface area contributed by atoms with Gasteiger partial charge in [0.25, 0.3) is 6.04 Å². The van der Waals surface area contributed by atoms with E-state index >= 15 is 0 Å². The van der Waals surface area contributed by atoms with Crippen molar-refractivity contribution in [2.45, 2.75) is 25.3 Å². The summed E-state index contributed by atoms with van der Waals surface area (Å²) in [6, 6.07) is 7.43. The maximum absolute atomic E-state index is 13.0. The van der Waals surface area contributed by atoms with E-state index in [4.69, 9.17) is 14.2 Å². The Morgan fingerprint density at radius 3 is 2.42 bits per heavy atom. The Hall–Kier alpha value is -2.56. The van der Waals surface area contributed by atoms with Crippen LogP contribution in [0.5, 0.6) is 5.75 Å². The first-order chi connectivity index (χ1) is 12.7. The largest absolute Gasteiger partial charge is 0.500 e. The predicted octanol–water partition coefficient (Wildman–Crippen LogP) is 4.07. The van der Waals surface area contributed by atoms with E-state index in [1.54, 1.807) is 21.3 Å². The lowest BCUT2D eigenvalue weighted by molar-refractivity contribution is -0.582. The summed E-state index contributed by atoms with van der Waals surface area (Å²) in [5.74, 6) is 2.94. The fourth-order valence-corrected chi connectivity index (χ4v) is 4.45. The van der Waals surface area contributed by atoms with Gasteiger partial charge in [-0.05, 0) is 48.3 Å². The molecule has 0 radical (unpaired) electrons. The van der Waals surface area contributed by atoms with E-state index in [-0.39, 0.29) is 6.04 Å². The Morgan fingerprint density at radius 1 is 1.00 bits per heavy atom. The van der Waals surface area contributed by atoms with E-state index in [2.05, 4.69) is 0 Å². The van der Waals surface area contributed by atoms with Crippen LogP contribution in [0.25, 0.3) is 0 Å². The van der Waals surface area contributed by atoms with Gasteiger partial charge >= 0.3 is 0 Å². The molecule has 5 heteroatoms. The van der Waals surface area contributed by atoms with Crippen molar-refractivity contribution in [3.63, 3.8) is 0 Å². The van der Waals surface area contributed by atoms with Crippen LogP contribution in [0.1, 0.15) is 30.9 Å². The molecular formula is C21H24NO4+. The lowest BCUT2D eigenvalue weighted by atomic mass is 9.80. The van der Waals surface area contributed by atoms with Gasteiger partial charge in [0.05, 0.1) is 26.9 Å². The molecule has 26 heavy (non-hydrogen) atoms. The standard InChI is InChI=1S/C21H24NO4/c1-24-15-7-4-14(5-8-15)21-16-12-18(26-3)20-17(25-2)9-6-13(19(16)20)10-11-22(21)23/h4-5,7-8,12-13,21H,6,9-11H2,1-3H3/q+1/t13-,21-/m1/s1. The number of nitrogens with zero attached hydrogens (tertiary/aromatic N) is 1. The summed E-state index contributed by atoms with van der Waals surface area (Å²) in [4.78, 5) is 13.0. The Labute approximate surface area is 153 Å². The van der Waals surface area contributed by atoms with Gasteiger partial charge in [-0.15, -0.1) is 0 Å². The average Bonchev–Trinajstić information content (AvgIpc) is 3.00. The molecular weight excluding hydrogens is 330 g/mol. The minimum atomic E-state index is -0.334. The second kappa shape index (κ2) is 6.63. The lowest BCUT2D eigenvalue weighted by Crippen LogP contribution is -2.18. The molecule has 1 heterocycles. The molecule has 0 amide bonds. The molecule has 2 aliphatic carbocycles. The molecule has 5 nitrogen and oxygen atoms in total. The highest BCUT2D eigenvalue weighted by atomic mass is 16.5. The molecule has 136 valence electrons. The van der Waals surface area contributed by atoms with Crippen molar-refractivity contribution in [2.24, 2.45) is 5.92 Å². The highest BCUT2D eigenvalue weighted by Gasteiger charge is 2.45. The Kier molecular flexibility index (Phi) is 4.31. The first-order valence-electron chi connectivity index (χ1n) is 9.03. The van der Waals surface area contributed by atoms with Crippen LogP contribution in [-0.2, 0) is 9.47 Å². The highest BCUT2D eigenvalue weighted by Crippen LogP contribution is 2.51. The molecule has 1 aromatic carbocycles. The zero-order valence-electron chi connectivity index (χ0n) is 15.5. The van der Waals surface area contributed by atoms with Gasteiger partial charge in [-0.3, -0.25) is 0 Å². The van der Waals surface area contributed by atoms with E-state index in [1.807, 2.05) is 30.3 Å². The molecule has 3 aliphatic rings. The summed E-state index contributed by atoms with van der Waals surface area (Å²) in [5, 5.41) is 0. The van der Waals surface area contributed by atoms with Crippen molar-refractivity contribution < 1.29 is 19.0 Å². The molecule has 2 atom stereocenters. The molecule has 0 saturated carbocycles. The smallest absolute Gasteiger partial charge is 0.251 e. The summed E-state index contributed by atoms with van der Waals surface area (Å²) in [6.45, 7) is 0.528. The summed E-state index contributed by atoms with van der Waals surface area (Å²) >= 11 is 0. The highest BCUT2D eigenvalue weighted by molar-refractivity contribution is 5.62. The van der Waals surface area contributed by atoms with Crippen LogP contribution in [0, 0.1) is 10.8 Å². The predicted molar refractivity (Wildman–Crippen MR) is 97.7 cm³/mol. The maximum atomic E-state index is 13.0. The molecule has 1 aromatic rings. The average molecular weight is 354 g/mol. The Bertz CT molecular complexity index is 832. The molecule has 0 fully saturated rings. The zero-order chi connectivity index (χ0) is 18.3. The van der Waals surface area contributed by atoms with Crippen LogP contribution in [0.2, 0.25) is 0 Å². The maximum Gasteiger partial charge on any atom is 0.251 e. The first-order valence-corrected chi connectivity index (χ1v) is 9.03. The third kappa shape index (κ3) is 2.54. The minimum absolute atomic E-state index is 0.334. The van der Waals surface area contributed by atoms with E-state index in [9.17, 15) is 4.91 Å². The normalized spacial score (nSPS) is 24.9. The number of allylic oxidation sites excluding steroid dienone is 2. The molecule has 0 spiro atoms. The van der Waals surface area contributed by atoms with Gasteiger partial charge in [0.2, 0.25) is 0 Å². The number of methoxy groups -OCH3 is 3. The molecule has 1 aliphatic heterocycles. The van der Waals surface area contributed by atoms with Crippen molar-refractivity contribution in [3.8, 4) is 5.75 Å². The molecule has 0 unspecified atom stereocenters. The fraction of sp³-hybridized carbons (Fsp3) is 0.429. The van der Waals surface area contributed by atoms with Crippen molar-refractivity contribution >= 4 is 0 Å². The van der Waals surface area contributed by atoms with Crippen LogP contribution >= 0.6 is 0 Å². The number of rotatable bonds is 4. The van der Waals surface area contributed by atoms with Crippen LogP contribution in [-0.4, -0.2) is 32.6 Å². The van der Waals surface area contributed by atoms with Crippen LogP contribution < -0.4 is 4.74 Å². The van der Waals surface area contributed by atoms with Crippen molar-refractivity contribution in [3.05, 3.63) is 69.0 Å². The monoisotopic (exact) mass is 354 g/mol. The van der Waals surface area contributed by atoms with Crippen LogP contribution in [0.4, 0.5) is 0 Å². The number of ether oxygens (including phenoxy) is 3. The van der Waals surface area contributed by atoms with Gasteiger partial charge in [0.15, 0.2) is 6.54 Å². The minimum Gasteiger partial charge on any atom is -0.500 e. The van der Waals surface area contributed by atoms with E-state index < -0.39 is 0 Å². The Morgan fingerprint density at radius 2 is 1.77 bits per heavy atom. The molecule has 0 N–H and O–H groups in total. The third-order valence-corrected chi connectivity index (χ3v) is 5.70. The lowest BCUT2D eigenvalue weighted by Gasteiger charge is -2.27. The molecule has 4 rings (SSSR count). The summed E-state index contributed by atoms with van der Waals surface area (Å²) in [5.41, 5.74) is 4.33. The van der Waals surface area contributed by atoms with Gasteiger partial charge in [-0.25, -0.2) is 0 Å².